The average Bonchev–Trinajstić information content (AvgIpc) is 2.36. The minimum Gasteiger partial charge on any atom is -0.342 e. The van der Waals surface area contributed by atoms with E-state index in [9.17, 15) is 22.8 Å². The van der Waals surface area contributed by atoms with Crippen LogP contribution in [0.25, 0.3) is 0 Å². The van der Waals surface area contributed by atoms with Gasteiger partial charge in [-0.25, -0.2) is 0 Å². The molecule has 0 aliphatic carbocycles. The standard InChI is InChI=1S/C14H23F3N2O2/c1-5-9(4)10-13(21)19(7-6-14(15,16)17)11(8(2)3)12(20)18-10/h8-11H,5-7H2,1-4H3,(H,18,20). The molecule has 2 amide bonds. The monoisotopic (exact) mass is 308 g/mol. The highest BCUT2D eigenvalue weighted by Gasteiger charge is 2.44. The van der Waals surface area contributed by atoms with Crippen molar-refractivity contribution in [3.63, 3.8) is 0 Å². The second-order valence-corrected chi connectivity index (χ2v) is 5.96. The van der Waals surface area contributed by atoms with Gasteiger partial charge in [-0.05, 0) is 11.8 Å². The molecular weight excluding hydrogens is 285 g/mol. The van der Waals surface area contributed by atoms with Crippen molar-refractivity contribution < 1.29 is 22.8 Å². The fraction of sp³-hybridized carbons (Fsp3) is 0.857. The molecule has 0 aromatic rings. The Bertz CT molecular complexity index is 396. The first-order valence-electron chi connectivity index (χ1n) is 7.26. The van der Waals surface area contributed by atoms with Gasteiger partial charge in [0, 0.05) is 6.54 Å². The molecule has 0 spiro atoms. The second kappa shape index (κ2) is 6.66. The maximum atomic E-state index is 12.4. The number of rotatable bonds is 5. The summed E-state index contributed by atoms with van der Waals surface area (Å²) in [6.07, 6.45) is -4.78. The highest BCUT2D eigenvalue weighted by molar-refractivity contribution is 5.97. The number of carbonyl (C=O) groups excluding carboxylic acids is 2. The van der Waals surface area contributed by atoms with Gasteiger partial charge >= 0.3 is 6.18 Å². The van der Waals surface area contributed by atoms with Gasteiger partial charge in [-0.1, -0.05) is 34.1 Å². The Labute approximate surface area is 123 Å². The fourth-order valence-corrected chi connectivity index (χ4v) is 2.54. The van der Waals surface area contributed by atoms with Crippen LogP contribution in [0.15, 0.2) is 0 Å². The van der Waals surface area contributed by atoms with Gasteiger partial charge < -0.3 is 10.2 Å². The third-order valence-electron chi connectivity index (χ3n) is 3.93. The van der Waals surface area contributed by atoms with Crippen LogP contribution in [0, 0.1) is 11.8 Å². The van der Waals surface area contributed by atoms with E-state index in [-0.39, 0.29) is 17.7 Å². The first-order valence-corrected chi connectivity index (χ1v) is 7.26. The molecule has 3 unspecified atom stereocenters. The van der Waals surface area contributed by atoms with Gasteiger partial charge in [-0.2, -0.15) is 13.2 Å². The molecular formula is C14H23F3N2O2. The predicted molar refractivity (Wildman–Crippen MR) is 72.4 cm³/mol. The van der Waals surface area contributed by atoms with E-state index < -0.39 is 37.1 Å². The number of hydrogen-bond acceptors (Lipinski definition) is 2. The summed E-state index contributed by atoms with van der Waals surface area (Å²) in [5, 5.41) is 2.66. The molecule has 0 aromatic heterocycles. The van der Waals surface area contributed by atoms with Gasteiger partial charge in [0.15, 0.2) is 0 Å². The molecule has 1 fully saturated rings. The molecule has 122 valence electrons. The second-order valence-electron chi connectivity index (χ2n) is 5.96. The van der Waals surface area contributed by atoms with E-state index in [1.807, 2.05) is 6.92 Å². The Morgan fingerprint density at radius 2 is 1.81 bits per heavy atom. The van der Waals surface area contributed by atoms with Crippen LogP contribution in [0.4, 0.5) is 13.2 Å². The minimum atomic E-state index is -4.35. The zero-order chi connectivity index (χ0) is 16.4. The summed E-state index contributed by atoms with van der Waals surface area (Å²) in [4.78, 5) is 25.7. The quantitative estimate of drug-likeness (QED) is 0.847. The van der Waals surface area contributed by atoms with E-state index in [1.54, 1.807) is 20.8 Å². The van der Waals surface area contributed by atoms with Crippen molar-refractivity contribution in [3.05, 3.63) is 0 Å². The van der Waals surface area contributed by atoms with Crippen LogP contribution in [-0.4, -0.2) is 41.5 Å². The lowest BCUT2D eigenvalue weighted by atomic mass is 9.90. The first kappa shape index (κ1) is 17.8. The van der Waals surface area contributed by atoms with E-state index in [1.165, 1.54) is 0 Å². The van der Waals surface area contributed by atoms with Crippen molar-refractivity contribution in [3.8, 4) is 0 Å². The van der Waals surface area contributed by atoms with E-state index >= 15 is 0 Å². The summed E-state index contributed by atoms with van der Waals surface area (Å²) in [6.45, 7) is 6.66. The molecule has 1 saturated heterocycles. The number of carbonyl (C=O) groups is 2. The van der Waals surface area contributed by atoms with Gasteiger partial charge in [-0.3, -0.25) is 9.59 Å². The van der Waals surface area contributed by atoms with E-state index in [0.717, 1.165) is 4.90 Å². The highest BCUT2D eigenvalue weighted by Crippen LogP contribution is 2.25. The number of halogens is 3. The van der Waals surface area contributed by atoms with Crippen LogP contribution in [0.2, 0.25) is 0 Å². The summed E-state index contributed by atoms with van der Waals surface area (Å²) < 4.78 is 37.3. The summed E-state index contributed by atoms with van der Waals surface area (Å²) in [7, 11) is 0. The maximum absolute atomic E-state index is 12.4. The molecule has 1 aliphatic rings. The number of amides is 2. The molecule has 1 N–H and O–H groups in total. The fourth-order valence-electron chi connectivity index (χ4n) is 2.54. The Balaban J connectivity index is 2.98. The SMILES string of the molecule is CCC(C)C1NC(=O)C(C(C)C)N(CCC(F)(F)F)C1=O. The molecule has 21 heavy (non-hydrogen) atoms. The van der Waals surface area contributed by atoms with Crippen molar-refractivity contribution in [1.82, 2.24) is 10.2 Å². The third kappa shape index (κ3) is 4.35. The molecule has 0 aromatic carbocycles. The predicted octanol–water partition coefficient (Wildman–Crippen LogP) is 2.34. The van der Waals surface area contributed by atoms with Crippen LogP contribution in [0.1, 0.15) is 40.5 Å². The molecule has 1 heterocycles. The Kier molecular flexibility index (Phi) is 5.64. The van der Waals surface area contributed by atoms with E-state index in [0.29, 0.717) is 6.42 Å². The Morgan fingerprint density at radius 1 is 1.24 bits per heavy atom. The van der Waals surface area contributed by atoms with Crippen molar-refractivity contribution in [1.29, 1.82) is 0 Å². The lowest BCUT2D eigenvalue weighted by molar-refractivity contribution is -0.160. The minimum absolute atomic E-state index is 0.108. The van der Waals surface area contributed by atoms with Gasteiger partial charge in [0.2, 0.25) is 11.8 Å². The van der Waals surface area contributed by atoms with Gasteiger partial charge in [0.25, 0.3) is 0 Å². The van der Waals surface area contributed by atoms with Crippen LogP contribution in [0.5, 0.6) is 0 Å². The maximum Gasteiger partial charge on any atom is 0.390 e. The van der Waals surface area contributed by atoms with Crippen LogP contribution < -0.4 is 5.32 Å². The lowest BCUT2D eigenvalue weighted by Gasteiger charge is -2.42. The Morgan fingerprint density at radius 3 is 2.24 bits per heavy atom. The molecule has 0 bridgehead atoms. The average molecular weight is 308 g/mol. The van der Waals surface area contributed by atoms with Gasteiger partial charge in [-0.15, -0.1) is 0 Å². The molecule has 0 radical (unpaired) electrons. The molecule has 1 rings (SSSR count). The number of nitrogens with one attached hydrogen (secondary N) is 1. The largest absolute Gasteiger partial charge is 0.390 e. The molecule has 3 atom stereocenters. The molecule has 1 aliphatic heterocycles. The molecule has 4 nitrogen and oxygen atoms in total. The van der Waals surface area contributed by atoms with Crippen molar-refractivity contribution in [2.24, 2.45) is 11.8 Å². The van der Waals surface area contributed by atoms with Crippen molar-refractivity contribution in [2.75, 3.05) is 6.54 Å². The van der Waals surface area contributed by atoms with Crippen LogP contribution >= 0.6 is 0 Å². The summed E-state index contributed by atoms with van der Waals surface area (Å²) in [5.74, 6) is -1.12. The van der Waals surface area contributed by atoms with Gasteiger partial charge in [0.05, 0.1) is 6.42 Å². The number of piperazine rings is 1. The van der Waals surface area contributed by atoms with Crippen molar-refractivity contribution in [2.45, 2.75) is 58.8 Å². The number of alkyl halides is 3. The van der Waals surface area contributed by atoms with Crippen molar-refractivity contribution >= 4 is 11.8 Å². The van der Waals surface area contributed by atoms with E-state index in [2.05, 4.69) is 5.32 Å². The van der Waals surface area contributed by atoms with E-state index in [4.69, 9.17) is 0 Å². The lowest BCUT2D eigenvalue weighted by Crippen LogP contribution is -2.66. The normalized spacial score (nSPS) is 25.2. The zero-order valence-electron chi connectivity index (χ0n) is 12.8. The number of nitrogens with zero attached hydrogens (tertiary/aromatic N) is 1. The number of hydrogen-bond donors (Lipinski definition) is 1. The third-order valence-corrected chi connectivity index (χ3v) is 3.93. The molecule has 0 saturated carbocycles. The summed E-state index contributed by atoms with van der Waals surface area (Å²) in [6, 6.07) is -1.56. The highest BCUT2D eigenvalue weighted by atomic mass is 19.4. The topological polar surface area (TPSA) is 49.4 Å². The van der Waals surface area contributed by atoms with Crippen LogP contribution in [0.3, 0.4) is 0 Å². The first-order chi connectivity index (χ1) is 9.58. The zero-order valence-corrected chi connectivity index (χ0v) is 12.8. The smallest absolute Gasteiger partial charge is 0.342 e. The molecule has 7 heteroatoms. The van der Waals surface area contributed by atoms with Crippen LogP contribution in [-0.2, 0) is 9.59 Å². The summed E-state index contributed by atoms with van der Waals surface area (Å²) >= 11 is 0. The Hall–Kier alpha value is -1.27. The van der Waals surface area contributed by atoms with Gasteiger partial charge in [0.1, 0.15) is 12.1 Å². The summed E-state index contributed by atoms with van der Waals surface area (Å²) in [5.41, 5.74) is 0.